The predicted molar refractivity (Wildman–Crippen MR) is 91.9 cm³/mol. The van der Waals surface area contributed by atoms with E-state index in [1.54, 1.807) is 7.05 Å². The van der Waals surface area contributed by atoms with Gasteiger partial charge in [0.15, 0.2) is 0 Å². The fourth-order valence-electron chi connectivity index (χ4n) is 4.41. The molecule has 0 saturated heterocycles. The zero-order valence-corrected chi connectivity index (χ0v) is 15.3. The summed E-state index contributed by atoms with van der Waals surface area (Å²) >= 11 is 0. The lowest BCUT2D eigenvalue weighted by Gasteiger charge is -2.41. The molecule has 24 heavy (non-hydrogen) atoms. The van der Waals surface area contributed by atoms with Gasteiger partial charge in [0.1, 0.15) is 0 Å². The van der Waals surface area contributed by atoms with Crippen molar-refractivity contribution in [3.63, 3.8) is 0 Å². The molecule has 2 atom stereocenters. The van der Waals surface area contributed by atoms with E-state index in [0.29, 0.717) is 13.1 Å². The number of pyridine rings is 1. The Kier molecular flexibility index (Phi) is 3.93. The molecule has 0 unspecified atom stereocenters. The number of aromatic nitrogens is 1. The van der Waals surface area contributed by atoms with Crippen LogP contribution in [0.3, 0.4) is 0 Å². The Morgan fingerprint density at radius 3 is 2.58 bits per heavy atom. The van der Waals surface area contributed by atoms with Gasteiger partial charge >= 0.3 is 0 Å². The second-order valence-electron chi connectivity index (χ2n) is 8.01. The highest BCUT2D eigenvalue weighted by atomic mass is 16.2. The van der Waals surface area contributed by atoms with Crippen LogP contribution in [0.15, 0.2) is 12.3 Å². The van der Waals surface area contributed by atoms with Gasteiger partial charge in [0.2, 0.25) is 11.8 Å². The average molecular weight is 329 g/mol. The smallest absolute Gasteiger partial charge is 0.229 e. The average Bonchev–Trinajstić information content (AvgIpc) is 3.05. The SMILES string of the molecule is CNC(=O)[C@@H]1CC[C@](C)(C(=O)N2Cc3cnc(C)cc3C2)C1(C)C. The van der Waals surface area contributed by atoms with Crippen molar-refractivity contribution >= 4 is 11.8 Å². The normalized spacial score (nSPS) is 27.9. The monoisotopic (exact) mass is 329 g/mol. The molecule has 2 amide bonds. The van der Waals surface area contributed by atoms with Crippen LogP contribution in [-0.2, 0) is 22.7 Å². The standard InChI is InChI=1S/C19H27N3O2/c1-12-8-13-10-22(11-14(13)9-21-12)17(24)19(4)7-6-15(16(23)20-5)18(19,2)3/h8-9,15H,6-7,10-11H2,1-5H3,(H,20,23)/t15-,19+/m0/s1. The number of nitrogens with one attached hydrogen (secondary N) is 1. The first-order valence-electron chi connectivity index (χ1n) is 8.66. The van der Waals surface area contributed by atoms with Crippen LogP contribution in [0.4, 0.5) is 0 Å². The number of fused-ring (bicyclic) bond motifs is 1. The van der Waals surface area contributed by atoms with Crippen molar-refractivity contribution in [3.8, 4) is 0 Å². The molecule has 1 saturated carbocycles. The van der Waals surface area contributed by atoms with Gasteiger partial charge in [-0.1, -0.05) is 20.8 Å². The summed E-state index contributed by atoms with van der Waals surface area (Å²) < 4.78 is 0. The molecule has 0 spiro atoms. The third kappa shape index (κ3) is 2.33. The number of nitrogens with zero attached hydrogens (tertiary/aromatic N) is 2. The summed E-state index contributed by atoms with van der Waals surface area (Å²) in [5, 5.41) is 2.76. The second-order valence-corrected chi connectivity index (χ2v) is 8.01. The van der Waals surface area contributed by atoms with Crippen LogP contribution in [0.2, 0.25) is 0 Å². The molecule has 2 heterocycles. The van der Waals surface area contributed by atoms with Gasteiger partial charge in [-0.25, -0.2) is 0 Å². The van der Waals surface area contributed by atoms with Crippen LogP contribution in [0.25, 0.3) is 0 Å². The highest BCUT2D eigenvalue weighted by Crippen LogP contribution is 2.57. The third-order valence-electron chi connectivity index (χ3n) is 6.49. The largest absolute Gasteiger partial charge is 0.359 e. The summed E-state index contributed by atoms with van der Waals surface area (Å²) in [4.78, 5) is 31.9. The highest BCUT2D eigenvalue weighted by molar-refractivity contribution is 5.87. The van der Waals surface area contributed by atoms with Crippen molar-refractivity contribution in [2.45, 2.75) is 53.6 Å². The lowest BCUT2D eigenvalue weighted by Crippen LogP contribution is -2.49. The quantitative estimate of drug-likeness (QED) is 0.906. The summed E-state index contributed by atoms with van der Waals surface area (Å²) in [5.74, 6) is 0.0825. The summed E-state index contributed by atoms with van der Waals surface area (Å²) in [6.07, 6.45) is 3.39. The van der Waals surface area contributed by atoms with E-state index < -0.39 is 5.41 Å². The molecular formula is C19H27N3O2. The molecule has 130 valence electrons. The van der Waals surface area contributed by atoms with Gasteiger partial charge in [0.25, 0.3) is 0 Å². The molecule has 1 aliphatic heterocycles. The van der Waals surface area contributed by atoms with Gasteiger partial charge in [-0.3, -0.25) is 14.6 Å². The Bertz CT molecular complexity index is 698. The van der Waals surface area contributed by atoms with Gasteiger partial charge in [-0.05, 0) is 42.4 Å². The van der Waals surface area contributed by atoms with Crippen molar-refractivity contribution < 1.29 is 9.59 Å². The highest BCUT2D eigenvalue weighted by Gasteiger charge is 2.59. The first kappa shape index (κ1) is 16.9. The zero-order chi connectivity index (χ0) is 17.7. The first-order valence-corrected chi connectivity index (χ1v) is 8.66. The second kappa shape index (κ2) is 5.57. The van der Waals surface area contributed by atoms with E-state index in [9.17, 15) is 9.59 Å². The topological polar surface area (TPSA) is 62.3 Å². The molecule has 0 aromatic carbocycles. The molecule has 3 rings (SSSR count). The van der Waals surface area contributed by atoms with Gasteiger partial charge < -0.3 is 10.2 Å². The van der Waals surface area contributed by atoms with Gasteiger partial charge in [0, 0.05) is 37.9 Å². The first-order chi connectivity index (χ1) is 11.2. The fourth-order valence-corrected chi connectivity index (χ4v) is 4.41. The van der Waals surface area contributed by atoms with Crippen LogP contribution in [-0.4, -0.2) is 28.7 Å². The summed E-state index contributed by atoms with van der Waals surface area (Å²) in [6.45, 7) is 9.40. The maximum atomic E-state index is 13.4. The van der Waals surface area contributed by atoms with Crippen LogP contribution >= 0.6 is 0 Å². The van der Waals surface area contributed by atoms with E-state index in [1.807, 2.05) is 24.9 Å². The lowest BCUT2D eigenvalue weighted by atomic mass is 9.64. The summed E-state index contributed by atoms with van der Waals surface area (Å²) in [5.41, 5.74) is 2.42. The molecule has 1 aromatic heterocycles. The molecular weight excluding hydrogens is 302 g/mol. The van der Waals surface area contributed by atoms with E-state index in [0.717, 1.165) is 24.1 Å². The van der Waals surface area contributed by atoms with Crippen LogP contribution in [0, 0.1) is 23.7 Å². The Morgan fingerprint density at radius 1 is 1.25 bits per heavy atom. The lowest BCUT2D eigenvalue weighted by molar-refractivity contribution is -0.149. The maximum absolute atomic E-state index is 13.4. The van der Waals surface area contributed by atoms with Crippen molar-refractivity contribution in [1.29, 1.82) is 0 Å². The molecule has 2 aliphatic rings. The van der Waals surface area contributed by atoms with Crippen molar-refractivity contribution in [3.05, 3.63) is 29.1 Å². The Morgan fingerprint density at radius 2 is 1.92 bits per heavy atom. The van der Waals surface area contributed by atoms with Crippen LogP contribution < -0.4 is 5.32 Å². The molecule has 1 N–H and O–H groups in total. The van der Waals surface area contributed by atoms with Gasteiger partial charge in [-0.2, -0.15) is 0 Å². The fraction of sp³-hybridized carbons (Fsp3) is 0.632. The molecule has 0 bridgehead atoms. The van der Waals surface area contributed by atoms with Crippen LogP contribution in [0.1, 0.15) is 50.4 Å². The van der Waals surface area contributed by atoms with E-state index in [4.69, 9.17) is 0 Å². The van der Waals surface area contributed by atoms with Crippen molar-refractivity contribution in [2.24, 2.45) is 16.7 Å². The minimum absolute atomic E-state index is 0.0426. The third-order valence-corrected chi connectivity index (χ3v) is 6.49. The minimum atomic E-state index is -0.519. The maximum Gasteiger partial charge on any atom is 0.229 e. The molecule has 5 nitrogen and oxygen atoms in total. The number of rotatable bonds is 2. The van der Waals surface area contributed by atoms with E-state index >= 15 is 0 Å². The zero-order valence-electron chi connectivity index (χ0n) is 15.3. The number of aryl methyl sites for hydroxylation is 1. The predicted octanol–water partition coefficient (Wildman–Crippen LogP) is 2.42. The van der Waals surface area contributed by atoms with E-state index in [1.165, 1.54) is 5.56 Å². The van der Waals surface area contributed by atoms with Gasteiger partial charge in [-0.15, -0.1) is 0 Å². The Balaban J connectivity index is 1.84. The number of amides is 2. The molecule has 1 aliphatic carbocycles. The van der Waals surface area contributed by atoms with Gasteiger partial charge in [0.05, 0.1) is 5.41 Å². The van der Waals surface area contributed by atoms with E-state index in [2.05, 4.69) is 30.2 Å². The minimum Gasteiger partial charge on any atom is -0.359 e. The Hall–Kier alpha value is -1.91. The summed E-state index contributed by atoms with van der Waals surface area (Å²) in [7, 11) is 1.67. The van der Waals surface area contributed by atoms with Crippen LogP contribution in [0.5, 0.6) is 0 Å². The molecule has 5 heteroatoms. The number of hydrogen-bond acceptors (Lipinski definition) is 3. The number of hydrogen-bond donors (Lipinski definition) is 1. The molecule has 1 fully saturated rings. The Labute approximate surface area is 143 Å². The summed E-state index contributed by atoms with van der Waals surface area (Å²) in [6, 6.07) is 2.07. The molecule has 1 aromatic rings. The molecule has 0 radical (unpaired) electrons. The number of carbonyl (C=O) groups is 2. The van der Waals surface area contributed by atoms with E-state index in [-0.39, 0.29) is 23.1 Å². The van der Waals surface area contributed by atoms with Crippen molar-refractivity contribution in [2.75, 3.05) is 7.05 Å². The van der Waals surface area contributed by atoms with Crippen molar-refractivity contribution in [1.82, 2.24) is 15.2 Å². The number of carbonyl (C=O) groups excluding carboxylic acids is 2.